The predicted molar refractivity (Wildman–Crippen MR) is 113 cm³/mol. The number of nitrogens with zero attached hydrogens (tertiary/aromatic N) is 2. The third kappa shape index (κ3) is 3.06. The zero-order valence-corrected chi connectivity index (χ0v) is 16.3. The maximum atomic E-state index is 13.1. The number of H-pyrrole nitrogens is 2. The van der Waals surface area contributed by atoms with Crippen molar-refractivity contribution in [3.8, 4) is 0 Å². The van der Waals surface area contributed by atoms with Crippen molar-refractivity contribution in [2.24, 2.45) is 0 Å². The molecule has 146 valence electrons. The van der Waals surface area contributed by atoms with Crippen molar-refractivity contribution >= 4 is 34.7 Å². The molecular formula is C22H20N4O3. The van der Waals surface area contributed by atoms with E-state index in [1.54, 1.807) is 37.4 Å². The number of Topliss-reactive ketones (excluding diaryl/α,β-unsaturated/α-hetero) is 1. The number of hydrogen-bond donors (Lipinski definition) is 2. The number of rotatable bonds is 2. The predicted octanol–water partition coefficient (Wildman–Crippen LogP) is 0.608. The molecule has 2 N–H and O–H groups in total. The maximum absolute atomic E-state index is 13.1. The quantitative estimate of drug-likeness (QED) is 0.673. The van der Waals surface area contributed by atoms with E-state index in [1.807, 2.05) is 43.3 Å². The number of carbonyl (C=O) groups excluding carboxylic acids is 2. The standard InChI is InChI=1S/C22H20N4O3/c1-25(2)14-10-8-13(9-11-14)12-16-19(23-24-21(16)28)18-20(27)15-6-4-5-7-17(15)26(3)22(18)29/h4-12,23H,1-3H3,(H,24,28)/b16-12-,19-18-. The van der Waals surface area contributed by atoms with Gasteiger partial charge >= 0.3 is 0 Å². The Morgan fingerprint density at radius 3 is 2.31 bits per heavy atom. The second-order valence-electron chi connectivity index (χ2n) is 7.08. The average Bonchev–Trinajstić information content (AvgIpc) is 3.07. The molecule has 0 fully saturated rings. The maximum Gasteiger partial charge on any atom is 0.271 e. The Morgan fingerprint density at radius 1 is 0.931 bits per heavy atom. The average molecular weight is 388 g/mol. The van der Waals surface area contributed by atoms with E-state index >= 15 is 0 Å². The molecule has 1 aliphatic rings. The van der Waals surface area contributed by atoms with E-state index in [9.17, 15) is 14.4 Å². The fourth-order valence-corrected chi connectivity index (χ4v) is 3.43. The van der Waals surface area contributed by atoms with Crippen LogP contribution in [-0.4, -0.2) is 43.0 Å². The number of carbonyl (C=O) groups is 2. The molecule has 1 aromatic heterocycles. The number of ketones is 1. The molecule has 2 aromatic carbocycles. The topological polar surface area (TPSA) is 89.3 Å². The molecule has 7 nitrogen and oxygen atoms in total. The molecule has 29 heavy (non-hydrogen) atoms. The summed E-state index contributed by atoms with van der Waals surface area (Å²) in [6.45, 7) is 0. The van der Waals surface area contributed by atoms with Gasteiger partial charge in [-0.2, -0.15) is 0 Å². The largest absolute Gasteiger partial charge is 0.378 e. The third-order valence-electron chi connectivity index (χ3n) is 5.04. The van der Waals surface area contributed by atoms with Crippen LogP contribution >= 0.6 is 0 Å². The summed E-state index contributed by atoms with van der Waals surface area (Å²) in [5.41, 5.74) is 2.33. The van der Waals surface area contributed by atoms with Crippen molar-refractivity contribution in [2.75, 3.05) is 30.9 Å². The Labute approximate surface area is 166 Å². The molecule has 2 heterocycles. The smallest absolute Gasteiger partial charge is 0.271 e. The first kappa shape index (κ1) is 18.5. The zero-order valence-electron chi connectivity index (χ0n) is 16.3. The molecule has 0 atom stereocenters. The number of anilines is 2. The minimum absolute atomic E-state index is 0.0549. The molecule has 0 spiro atoms. The van der Waals surface area contributed by atoms with Crippen LogP contribution in [0.15, 0.2) is 53.3 Å². The molecule has 0 unspecified atom stereocenters. The number of amides is 1. The van der Waals surface area contributed by atoms with Crippen LogP contribution in [0, 0.1) is 0 Å². The highest BCUT2D eigenvalue weighted by atomic mass is 16.2. The number of benzene rings is 2. The lowest BCUT2D eigenvalue weighted by molar-refractivity contribution is -0.113. The molecule has 4 rings (SSSR count). The van der Waals surface area contributed by atoms with Crippen LogP contribution in [0.4, 0.5) is 11.4 Å². The van der Waals surface area contributed by atoms with Gasteiger partial charge in [-0.05, 0) is 35.9 Å². The number of para-hydroxylation sites is 1. The number of fused-ring (bicyclic) bond motifs is 1. The van der Waals surface area contributed by atoms with Crippen molar-refractivity contribution in [3.63, 3.8) is 0 Å². The van der Waals surface area contributed by atoms with Crippen LogP contribution in [0.25, 0.3) is 11.6 Å². The number of nitrogens with one attached hydrogen (secondary N) is 2. The highest BCUT2D eigenvalue weighted by Gasteiger charge is 2.33. The van der Waals surface area contributed by atoms with Crippen LogP contribution in [0.2, 0.25) is 0 Å². The summed E-state index contributed by atoms with van der Waals surface area (Å²) in [5.74, 6) is -0.863. The Hall–Kier alpha value is -3.87. The molecule has 0 aliphatic carbocycles. The minimum Gasteiger partial charge on any atom is -0.378 e. The third-order valence-corrected chi connectivity index (χ3v) is 5.04. The van der Waals surface area contributed by atoms with Gasteiger partial charge in [-0.1, -0.05) is 24.3 Å². The van der Waals surface area contributed by atoms with E-state index in [-0.39, 0.29) is 16.1 Å². The van der Waals surface area contributed by atoms with E-state index < -0.39 is 17.2 Å². The van der Waals surface area contributed by atoms with Crippen molar-refractivity contribution < 1.29 is 9.59 Å². The monoisotopic (exact) mass is 388 g/mol. The van der Waals surface area contributed by atoms with Gasteiger partial charge in [0.05, 0.1) is 16.3 Å². The molecule has 3 aromatic rings. The molecule has 1 amide bonds. The Morgan fingerprint density at radius 2 is 1.62 bits per heavy atom. The summed E-state index contributed by atoms with van der Waals surface area (Å²) in [5, 5.41) is 5.66. The normalized spacial score (nSPS) is 16.2. The van der Waals surface area contributed by atoms with Crippen molar-refractivity contribution in [1.82, 2.24) is 10.2 Å². The Balaban J connectivity index is 1.96. The van der Waals surface area contributed by atoms with E-state index in [0.29, 0.717) is 11.3 Å². The van der Waals surface area contributed by atoms with Gasteiger partial charge in [0, 0.05) is 32.4 Å². The van der Waals surface area contributed by atoms with Crippen LogP contribution in [0.5, 0.6) is 0 Å². The minimum atomic E-state index is -0.457. The Kier molecular flexibility index (Phi) is 4.43. The number of hydrogen-bond acceptors (Lipinski definition) is 4. The fraction of sp³-hybridized carbons (Fsp3) is 0.136. The first-order chi connectivity index (χ1) is 13.9. The van der Waals surface area contributed by atoms with Gasteiger partial charge in [0.15, 0.2) is 0 Å². The van der Waals surface area contributed by atoms with Gasteiger partial charge < -0.3 is 9.80 Å². The van der Waals surface area contributed by atoms with Crippen LogP contribution < -0.4 is 25.9 Å². The van der Waals surface area contributed by atoms with Crippen LogP contribution in [0.1, 0.15) is 15.9 Å². The van der Waals surface area contributed by atoms with Gasteiger partial charge in [0.25, 0.3) is 11.5 Å². The highest BCUT2D eigenvalue weighted by molar-refractivity contribution is 6.51. The van der Waals surface area contributed by atoms with Gasteiger partial charge in [-0.3, -0.25) is 24.6 Å². The lowest BCUT2D eigenvalue weighted by Crippen LogP contribution is -2.44. The van der Waals surface area contributed by atoms with Gasteiger partial charge in [0.1, 0.15) is 5.57 Å². The van der Waals surface area contributed by atoms with Crippen LogP contribution in [-0.2, 0) is 4.79 Å². The lowest BCUT2D eigenvalue weighted by atomic mass is 9.95. The van der Waals surface area contributed by atoms with E-state index in [1.165, 1.54) is 4.90 Å². The second-order valence-corrected chi connectivity index (χ2v) is 7.08. The van der Waals surface area contributed by atoms with Crippen LogP contribution in [0.3, 0.4) is 0 Å². The fourth-order valence-electron chi connectivity index (χ4n) is 3.43. The van der Waals surface area contributed by atoms with Gasteiger partial charge in [-0.25, -0.2) is 0 Å². The molecular weight excluding hydrogens is 368 g/mol. The first-order valence-corrected chi connectivity index (χ1v) is 9.10. The summed E-state index contributed by atoms with van der Waals surface area (Å²) < 4.78 is 0. The number of aromatic nitrogens is 2. The van der Waals surface area contributed by atoms with Crippen molar-refractivity contribution in [2.45, 2.75) is 0 Å². The van der Waals surface area contributed by atoms with E-state index in [4.69, 9.17) is 0 Å². The lowest BCUT2D eigenvalue weighted by Gasteiger charge is -2.25. The summed E-state index contributed by atoms with van der Waals surface area (Å²) >= 11 is 0. The molecule has 7 heteroatoms. The van der Waals surface area contributed by atoms with Gasteiger partial charge in [-0.15, -0.1) is 0 Å². The zero-order chi connectivity index (χ0) is 20.7. The van der Waals surface area contributed by atoms with Crippen molar-refractivity contribution in [3.05, 3.63) is 80.6 Å². The van der Waals surface area contributed by atoms with Crippen molar-refractivity contribution in [1.29, 1.82) is 0 Å². The second kappa shape index (κ2) is 6.94. The van der Waals surface area contributed by atoms with E-state index in [0.717, 1.165) is 11.3 Å². The molecule has 0 radical (unpaired) electrons. The van der Waals surface area contributed by atoms with Gasteiger partial charge in [0.2, 0.25) is 5.78 Å². The molecule has 1 aliphatic heterocycles. The SMILES string of the molecule is CN(C)c1ccc(/C=c2\c(=O)[nH][nH]\c2=C2\C(=O)c3ccccc3N(C)C2=O)cc1. The first-order valence-electron chi connectivity index (χ1n) is 9.10. The summed E-state index contributed by atoms with van der Waals surface area (Å²) in [7, 11) is 5.50. The summed E-state index contributed by atoms with van der Waals surface area (Å²) in [6, 6.07) is 14.5. The highest BCUT2D eigenvalue weighted by Crippen LogP contribution is 2.28. The molecule has 0 bridgehead atoms. The summed E-state index contributed by atoms with van der Waals surface area (Å²) in [6.07, 6.45) is 1.66. The molecule has 0 saturated heterocycles. The van der Waals surface area contributed by atoms with E-state index in [2.05, 4.69) is 10.2 Å². The Bertz CT molecular complexity index is 1300. The summed E-state index contributed by atoms with van der Waals surface area (Å²) in [4.78, 5) is 41.8. The molecule has 0 saturated carbocycles. The number of aromatic amines is 2.